The van der Waals surface area contributed by atoms with E-state index in [2.05, 4.69) is 162 Å². The Hall–Kier alpha value is -6.23. The van der Waals surface area contributed by atoms with Crippen molar-refractivity contribution in [3.05, 3.63) is 164 Å². The summed E-state index contributed by atoms with van der Waals surface area (Å²) < 4.78 is 13.3. The van der Waals surface area contributed by atoms with Crippen LogP contribution in [-0.2, 0) is 26.5 Å². The van der Waals surface area contributed by atoms with Gasteiger partial charge in [-0.1, -0.05) is 97.7 Å². The van der Waals surface area contributed by atoms with E-state index in [1.165, 1.54) is 21.9 Å². The second kappa shape index (κ2) is 12.4. The molecular formula is C48H33N5OPt. The number of nitrogens with zero attached hydrogens (tertiary/aromatic N) is 5. The molecule has 0 amide bonds. The molecule has 0 unspecified atom stereocenters. The second-order valence-corrected chi connectivity index (χ2v) is 15.0. The Bertz CT molecular complexity index is 3290. The summed E-state index contributed by atoms with van der Waals surface area (Å²) in [6, 6.07) is 52.0. The molecule has 6 aromatic carbocycles. The van der Waals surface area contributed by atoms with Crippen LogP contribution in [0.25, 0.3) is 82.4 Å². The summed E-state index contributed by atoms with van der Waals surface area (Å²) in [5, 5.41) is 7.72. The molecule has 0 aliphatic heterocycles. The molecule has 5 aromatic heterocycles. The van der Waals surface area contributed by atoms with Gasteiger partial charge in [-0.3, -0.25) is 4.98 Å². The van der Waals surface area contributed by atoms with Crippen LogP contribution < -0.4 is 4.74 Å². The minimum absolute atomic E-state index is 0. The molecule has 0 saturated carbocycles. The third-order valence-electron chi connectivity index (χ3n) is 10.8. The first kappa shape index (κ1) is 33.3. The van der Waals surface area contributed by atoms with Gasteiger partial charge in [-0.25, -0.2) is 4.98 Å². The SMILES string of the molecule is CC(C)(C)c1ccnc(-n2c3[c-]c(Oc4[c-]c5c(cc4)c4cc6c(cc4n4ccnc54)c4ccccc4n6-c4ccccc4)ccc3c3ccccc32)c1.[Pt+2]. The van der Waals surface area contributed by atoms with Crippen molar-refractivity contribution in [1.29, 1.82) is 0 Å². The topological polar surface area (TPSA) is 49.3 Å². The quantitative estimate of drug-likeness (QED) is 0.131. The first-order valence-corrected chi connectivity index (χ1v) is 18.2. The van der Waals surface area contributed by atoms with Crippen molar-refractivity contribution in [3.8, 4) is 23.0 Å². The molecule has 0 radical (unpaired) electrons. The van der Waals surface area contributed by atoms with Crippen molar-refractivity contribution >= 4 is 70.9 Å². The van der Waals surface area contributed by atoms with Crippen LogP contribution in [0.1, 0.15) is 26.3 Å². The average molecular weight is 891 g/mol. The third-order valence-corrected chi connectivity index (χ3v) is 10.8. The van der Waals surface area contributed by atoms with Gasteiger partial charge in [-0.15, -0.1) is 29.7 Å². The van der Waals surface area contributed by atoms with Crippen molar-refractivity contribution in [2.24, 2.45) is 0 Å². The zero-order valence-electron chi connectivity index (χ0n) is 30.3. The van der Waals surface area contributed by atoms with E-state index in [9.17, 15) is 0 Å². The van der Waals surface area contributed by atoms with E-state index in [1.54, 1.807) is 0 Å². The van der Waals surface area contributed by atoms with Gasteiger partial charge < -0.3 is 18.3 Å². The molecule has 266 valence electrons. The second-order valence-electron chi connectivity index (χ2n) is 15.0. The molecule has 0 atom stereocenters. The van der Waals surface area contributed by atoms with Crippen molar-refractivity contribution < 1.29 is 25.8 Å². The van der Waals surface area contributed by atoms with E-state index < -0.39 is 0 Å². The molecule has 55 heavy (non-hydrogen) atoms. The number of para-hydroxylation sites is 3. The standard InChI is InChI=1S/C48H33N5O.Pt/c1-48(2,3)30-21-22-49-46(25-30)53-42-16-10-7-13-35(42)37-20-18-33(27-44(37)53)54-32-17-19-34-38-29-45-39(28-43(38)51-24-23-50-47(51)40(34)26-32)36-14-8-9-15-41(36)52(45)31-11-5-4-6-12-31;/h4-25,28-29H,1-3H3;/q-2;+2. The number of pyridine rings is 2. The Labute approximate surface area is 331 Å². The Kier molecular flexibility index (Phi) is 7.52. The zero-order chi connectivity index (χ0) is 36.1. The first-order valence-electron chi connectivity index (χ1n) is 18.2. The summed E-state index contributed by atoms with van der Waals surface area (Å²) in [7, 11) is 0. The fraction of sp³-hybridized carbons (Fsp3) is 0.0833. The molecule has 0 saturated heterocycles. The van der Waals surface area contributed by atoms with Gasteiger partial charge in [-0.05, 0) is 70.3 Å². The van der Waals surface area contributed by atoms with Crippen LogP contribution in [-0.4, -0.2) is 23.5 Å². The maximum Gasteiger partial charge on any atom is 2.00 e. The molecule has 7 heteroatoms. The number of ether oxygens (including phenoxy) is 1. The van der Waals surface area contributed by atoms with E-state index in [0.29, 0.717) is 11.5 Å². The van der Waals surface area contributed by atoms with Crippen molar-refractivity contribution in [1.82, 2.24) is 23.5 Å². The Morgan fingerprint density at radius 2 is 1.20 bits per heavy atom. The fourth-order valence-electron chi connectivity index (χ4n) is 8.19. The Morgan fingerprint density at radius 3 is 1.98 bits per heavy atom. The molecule has 11 aromatic rings. The zero-order valence-corrected chi connectivity index (χ0v) is 32.6. The first-order chi connectivity index (χ1) is 26.4. The number of aromatic nitrogens is 5. The summed E-state index contributed by atoms with van der Waals surface area (Å²) in [5.74, 6) is 2.05. The van der Waals surface area contributed by atoms with Gasteiger partial charge >= 0.3 is 21.1 Å². The number of imidazole rings is 1. The monoisotopic (exact) mass is 890 g/mol. The minimum atomic E-state index is -0.0156. The maximum atomic E-state index is 6.60. The van der Waals surface area contributed by atoms with Gasteiger partial charge in [0.2, 0.25) is 0 Å². The minimum Gasteiger partial charge on any atom is -0.503 e. The van der Waals surface area contributed by atoms with Gasteiger partial charge in [0.1, 0.15) is 5.82 Å². The van der Waals surface area contributed by atoms with E-state index >= 15 is 0 Å². The van der Waals surface area contributed by atoms with Gasteiger partial charge in [0, 0.05) is 57.6 Å². The summed E-state index contributed by atoms with van der Waals surface area (Å²) in [5.41, 5.74) is 8.57. The van der Waals surface area contributed by atoms with Crippen LogP contribution in [0.2, 0.25) is 0 Å². The van der Waals surface area contributed by atoms with Gasteiger partial charge in [0.05, 0.1) is 16.7 Å². The van der Waals surface area contributed by atoms with E-state index in [0.717, 1.165) is 66.2 Å². The number of hydrogen-bond acceptors (Lipinski definition) is 3. The molecule has 0 fully saturated rings. The third kappa shape index (κ3) is 5.12. The van der Waals surface area contributed by atoms with E-state index in [1.807, 2.05) is 30.7 Å². The van der Waals surface area contributed by atoms with Crippen molar-refractivity contribution in [2.75, 3.05) is 0 Å². The summed E-state index contributed by atoms with van der Waals surface area (Å²) in [4.78, 5) is 9.66. The average Bonchev–Trinajstić information content (AvgIpc) is 3.90. The summed E-state index contributed by atoms with van der Waals surface area (Å²) in [6.45, 7) is 6.67. The number of benzene rings is 6. The molecule has 0 N–H and O–H groups in total. The van der Waals surface area contributed by atoms with Crippen LogP contribution in [0.15, 0.2) is 146 Å². The molecule has 5 heterocycles. The predicted molar refractivity (Wildman–Crippen MR) is 220 cm³/mol. The predicted octanol–water partition coefficient (Wildman–Crippen LogP) is 11.9. The van der Waals surface area contributed by atoms with Crippen LogP contribution >= 0.6 is 0 Å². The van der Waals surface area contributed by atoms with Crippen LogP contribution in [0.5, 0.6) is 11.5 Å². The Balaban J connectivity index is 0.00000372. The number of fused-ring (bicyclic) bond motifs is 12. The maximum absolute atomic E-state index is 6.60. The van der Waals surface area contributed by atoms with Gasteiger partial charge in [0.15, 0.2) is 0 Å². The van der Waals surface area contributed by atoms with E-state index in [4.69, 9.17) is 14.7 Å². The smallest absolute Gasteiger partial charge is 0.503 e. The number of hydrogen-bond donors (Lipinski definition) is 0. The molecule has 0 bridgehead atoms. The van der Waals surface area contributed by atoms with Gasteiger partial charge in [0.25, 0.3) is 0 Å². The normalized spacial score (nSPS) is 12.1. The van der Waals surface area contributed by atoms with Gasteiger partial charge in [-0.2, -0.15) is 6.07 Å². The fourth-order valence-corrected chi connectivity index (χ4v) is 8.19. The molecule has 0 aliphatic rings. The molecule has 6 nitrogen and oxygen atoms in total. The summed E-state index contributed by atoms with van der Waals surface area (Å²) >= 11 is 0. The summed E-state index contributed by atoms with van der Waals surface area (Å²) in [6.07, 6.45) is 5.79. The molecule has 0 aliphatic carbocycles. The molecule has 11 rings (SSSR count). The molecular weight excluding hydrogens is 858 g/mol. The van der Waals surface area contributed by atoms with Crippen LogP contribution in [0, 0.1) is 12.1 Å². The van der Waals surface area contributed by atoms with Crippen molar-refractivity contribution in [3.63, 3.8) is 0 Å². The van der Waals surface area contributed by atoms with Crippen LogP contribution in [0.3, 0.4) is 0 Å². The van der Waals surface area contributed by atoms with E-state index in [-0.39, 0.29) is 26.5 Å². The molecule has 0 spiro atoms. The largest absolute Gasteiger partial charge is 2.00 e. The Morgan fingerprint density at radius 1 is 0.545 bits per heavy atom. The number of rotatable bonds is 4. The van der Waals surface area contributed by atoms with Crippen LogP contribution in [0.4, 0.5) is 0 Å². The van der Waals surface area contributed by atoms with Crippen molar-refractivity contribution in [2.45, 2.75) is 26.2 Å².